The molecule has 2 aromatic rings. The minimum Gasteiger partial charge on any atom is -0.340 e. The van der Waals surface area contributed by atoms with E-state index in [9.17, 15) is 13.2 Å². The normalized spacial score (nSPS) is 13.4. The Morgan fingerprint density at radius 1 is 1.24 bits per heavy atom. The van der Waals surface area contributed by atoms with Crippen molar-refractivity contribution in [1.29, 1.82) is 0 Å². The van der Waals surface area contributed by atoms with Crippen LogP contribution in [0.25, 0.3) is 0 Å². The summed E-state index contributed by atoms with van der Waals surface area (Å²) in [4.78, 5) is 4.29. The molecular weight excluding hydrogens is 279 g/mol. The van der Waals surface area contributed by atoms with Gasteiger partial charge in [-0.25, -0.2) is 4.98 Å². The highest BCUT2D eigenvalue weighted by Crippen LogP contribution is 2.30. The fraction of sp³-hybridized carbons (Fsp3) is 0.400. The van der Waals surface area contributed by atoms with E-state index in [0.717, 1.165) is 36.4 Å². The lowest BCUT2D eigenvalue weighted by molar-refractivity contribution is -0.137. The van der Waals surface area contributed by atoms with E-state index < -0.39 is 11.7 Å². The molecule has 0 saturated heterocycles. The molecule has 0 fully saturated rings. The molecule has 1 heterocycles. The van der Waals surface area contributed by atoms with Crippen LogP contribution >= 0.6 is 0 Å². The number of halogens is 3. The third kappa shape index (κ3) is 3.85. The number of aryl methyl sites for hydroxylation is 1. The van der Waals surface area contributed by atoms with Crippen molar-refractivity contribution in [3.8, 4) is 0 Å². The van der Waals surface area contributed by atoms with Crippen molar-refractivity contribution in [2.75, 3.05) is 6.54 Å². The van der Waals surface area contributed by atoms with Crippen molar-refractivity contribution in [3.63, 3.8) is 0 Å². The highest BCUT2D eigenvalue weighted by atomic mass is 19.4. The molecule has 21 heavy (non-hydrogen) atoms. The van der Waals surface area contributed by atoms with E-state index in [1.807, 2.05) is 24.7 Å². The van der Waals surface area contributed by atoms with E-state index >= 15 is 0 Å². The Hall–Kier alpha value is -1.82. The van der Waals surface area contributed by atoms with Crippen LogP contribution in [0.2, 0.25) is 0 Å². The van der Waals surface area contributed by atoms with E-state index in [1.165, 1.54) is 12.1 Å². The molecule has 0 bridgehead atoms. The van der Waals surface area contributed by atoms with Crippen molar-refractivity contribution in [3.05, 3.63) is 53.6 Å². The minimum absolute atomic E-state index is 0.201. The molecule has 6 heteroatoms. The van der Waals surface area contributed by atoms with Gasteiger partial charge in [-0.1, -0.05) is 19.1 Å². The number of hydrogen-bond donors (Lipinski definition) is 1. The van der Waals surface area contributed by atoms with E-state index in [4.69, 9.17) is 0 Å². The number of rotatable bonds is 5. The lowest BCUT2D eigenvalue weighted by atomic mass is 10.0. The third-order valence-electron chi connectivity index (χ3n) is 3.19. The van der Waals surface area contributed by atoms with Crippen LogP contribution in [0.15, 0.2) is 36.8 Å². The molecule has 2 rings (SSSR count). The summed E-state index contributed by atoms with van der Waals surface area (Å²) in [6.07, 6.45) is 0.172. The number of alkyl halides is 3. The maximum Gasteiger partial charge on any atom is 0.416 e. The SMILES string of the molecule is CCCNC(c1ccc(C(F)(F)F)cc1)c1cn(C)cn1. The summed E-state index contributed by atoms with van der Waals surface area (Å²) >= 11 is 0. The minimum atomic E-state index is -4.31. The Bertz CT molecular complexity index is 573. The molecule has 1 unspecified atom stereocenters. The van der Waals surface area contributed by atoms with Crippen LogP contribution in [-0.4, -0.2) is 16.1 Å². The van der Waals surface area contributed by atoms with Crippen LogP contribution < -0.4 is 5.32 Å². The number of benzene rings is 1. The molecule has 0 aliphatic heterocycles. The van der Waals surface area contributed by atoms with Crippen molar-refractivity contribution >= 4 is 0 Å². The molecule has 0 amide bonds. The molecule has 0 saturated carbocycles. The fourth-order valence-corrected chi connectivity index (χ4v) is 2.13. The van der Waals surface area contributed by atoms with Crippen LogP contribution in [0.4, 0.5) is 13.2 Å². The first-order chi connectivity index (χ1) is 9.91. The van der Waals surface area contributed by atoms with Crippen LogP contribution in [0.5, 0.6) is 0 Å². The van der Waals surface area contributed by atoms with Crippen molar-refractivity contribution < 1.29 is 13.2 Å². The Balaban J connectivity index is 2.28. The highest BCUT2D eigenvalue weighted by Gasteiger charge is 2.30. The smallest absolute Gasteiger partial charge is 0.340 e. The number of hydrogen-bond acceptors (Lipinski definition) is 2. The van der Waals surface area contributed by atoms with Crippen LogP contribution in [-0.2, 0) is 13.2 Å². The van der Waals surface area contributed by atoms with Crippen molar-refractivity contribution in [2.24, 2.45) is 7.05 Å². The quantitative estimate of drug-likeness (QED) is 0.915. The molecule has 0 radical (unpaired) electrons. The van der Waals surface area contributed by atoms with Crippen LogP contribution in [0.1, 0.15) is 36.2 Å². The summed E-state index contributed by atoms with van der Waals surface area (Å²) in [6.45, 7) is 2.80. The van der Waals surface area contributed by atoms with E-state index in [0.29, 0.717) is 0 Å². The second-order valence-corrected chi connectivity index (χ2v) is 4.97. The summed E-state index contributed by atoms with van der Waals surface area (Å²) in [5, 5.41) is 3.32. The van der Waals surface area contributed by atoms with Gasteiger partial charge in [0.15, 0.2) is 0 Å². The Morgan fingerprint density at radius 3 is 2.38 bits per heavy atom. The zero-order valence-electron chi connectivity index (χ0n) is 12.0. The van der Waals surface area contributed by atoms with Gasteiger partial charge in [-0.15, -0.1) is 0 Å². The monoisotopic (exact) mass is 297 g/mol. The maximum atomic E-state index is 12.6. The molecule has 0 aliphatic carbocycles. The highest BCUT2D eigenvalue weighted by molar-refractivity contribution is 5.31. The molecular formula is C15H18F3N3. The summed E-state index contributed by atoms with van der Waals surface area (Å²) in [5.74, 6) is 0. The first-order valence-electron chi connectivity index (χ1n) is 6.80. The molecule has 1 N–H and O–H groups in total. The summed E-state index contributed by atoms with van der Waals surface area (Å²) < 4.78 is 39.7. The lowest BCUT2D eigenvalue weighted by Gasteiger charge is -2.18. The number of nitrogens with zero attached hydrogens (tertiary/aromatic N) is 2. The zero-order chi connectivity index (χ0) is 15.5. The summed E-state index contributed by atoms with van der Waals surface area (Å²) in [7, 11) is 1.86. The number of aromatic nitrogens is 2. The van der Waals surface area contributed by atoms with E-state index in [-0.39, 0.29) is 6.04 Å². The topological polar surface area (TPSA) is 29.9 Å². The average Bonchev–Trinajstić information content (AvgIpc) is 2.85. The van der Waals surface area contributed by atoms with Gasteiger partial charge in [-0.2, -0.15) is 13.2 Å². The molecule has 1 aromatic heterocycles. The van der Waals surface area contributed by atoms with Gasteiger partial charge in [0.1, 0.15) is 0 Å². The lowest BCUT2D eigenvalue weighted by Crippen LogP contribution is -2.23. The molecule has 1 atom stereocenters. The second-order valence-electron chi connectivity index (χ2n) is 4.97. The van der Waals surface area contributed by atoms with Crippen molar-refractivity contribution in [1.82, 2.24) is 14.9 Å². The Labute approximate surface area is 121 Å². The van der Waals surface area contributed by atoms with Gasteiger partial charge in [0.25, 0.3) is 0 Å². The predicted octanol–water partition coefficient (Wildman–Crippen LogP) is 3.53. The molecule has 0 aliphatic rings. The van der Waals surface area contributed by atoms with Gasteiger partial charge >= 0.3 is 6.18 Å². The molecule has 114 valence electrons. The van der Waals surface area contributed by atoms with Gasteiger partial charge in [-0.05, 0) is 30.7 Å². The van der Waals surface area contributed by atoms with Crippen molar-refractivity contribution in [2.45, 2.75) is 25.6 Å². The summed E-state index contributed by atoms with van der Waals surface area (Å²) in [5.41, 5.74) is 0.933. The third-order valence-corrected chi connectivity index (χ3v) is 3.19. The number of imidazole rings is 1. The first-order valence-corrected chi connectivity index (χ1v) is 6.80. The first kappa shape index (κ1) is 15.6. The zero-order valence-corrected chi connectivity index (χ0v) is 12.0. The van der Waals surface area contributed by atoms with E-state index in [2.05, 4.69) is 10.3 Å². The fourth-order valence-electron chi connectivity index (χ4n) is 2.13. The Morgan fingerprint density at radius 2 is 1.90 bits per heavy atom. The average molecular weight is 297 g/mol. The van der Waals surface area contributed by atoms with Gasteiger partial charge in [-0.3, -0.25) is 0 Å². The van der Waals surface area contributed by atoms with Gasteiger partial charge in [0, 0.05) is 13.2 Å². The Kier molecular flexibility index (Phi) is 4.67. The summed E-state index contributed by atoms with van der Waals surface area (Å²) in [6, 6.07) is 5.03. The molecule has 0 spiro atoms. The second kappa shape index (κ2) is 6.30. The maximum absolute atomic E-state index is 12.6. The molecule has 1 aromatic carbocycles. The number of nitrogens with one attached hydrogen (secondary N) is 1. The van der Waals surface area contributed by atoms with E-state index in [1.54, 1.807) is 6.33 Å². The predicted molar refractivity (Wildman–Crippen MR) is 74.8 cm³/mol. The van der Waals surface area contributed by atoms with Gasteiger partial charge in [0.2, 0.25) is 0 Å². The standard InChI is InChI=1S/C15H18F3N3/c1-3-8-19-14(13-9-21(2)10-20-13)11-4-6-12(7-5-11)15(16,17)18/h4-7,9-10,14,19H,3,8H2,1-2H3. The van der Waals surface area contributed by atoms with Crippen LogP contribution in [0, 0.1) is 0 Å². The van der Waals surface area contributed by atoms with Gasteiger partial charge in [0.05, 0.1) is 23.6 Å². The molecule has 3 nitrogen and oxygen atoms in total. The largest absolute Gasteiger partial charge is 0.416 e. The van der Waals surface area contributed by atoms with Gasteiger partial charge < -0.3 is 9.88 Å². The van der Waals surface area contributed by atoms with Crippen LogP contribution in [0.3, 0.4) is 0 Å².